The fourth-order valence-electron chi connectivity index (χ4n) is 2.52. The number of piperazine rings is 1. The van der Waals surface area contributed by atoms with Crippen LogP contribution in [-0.2, 0) is 13.0 Å². The molecule has 2 nitrogen and oxygen atoms in total. The van der Waals surface area contributed by atoms with E-state index in [9.17, 15) is 0 Å². The molecule has 17 heavy (non-hydrogen) atoms. The molecule has 2 rings (SSSR count). The van der Waals surface area contributed by atoms with Crippen molar-refractivity contribution in [1.82, 2.24) is 10.2 Å². The lowest BCUT2D eigenvalue weighted by Crippen LogP contribution is -2.52. The van der Waals surface area contributed by atoms with Crippen LogP contribution in [0.15, 0.2) is 12.1 Å². The molecular weight excluding hydrogens is 228 g/mol. The SMILES string of the molecule is CCc1ccc(CN2CCNCC2C(C)C)s1. The number of hydrogen-bond donors (Lipinski definition) is 1. The Bertz CT molecular complexity index is 346. The van der Waals surface area contributed by atoms with Crippen LogP contribution in [0.1, 0.15) is 30.5 Å². The van der Waals surface area contributed by atoms with Crippen molar-refractivity contribution in [2.45, 2.75) is 39.8 Å². The fraction of sp³-hybridized carbons (Fsp3) is 0.714. The van der Waals surface area contributed by atoms with Crippen molar-refractivity contribution in [3.63, 3.8) is 0 Å². The summed E-state index contributed by atoms with van der Waals surface area (Å²) in [5, 5.41) is 3.51. The maximum atomic E-state index is 3.51. The van der Waals surface area contributed by atoms with E-state index in [4.69, 9.17) is 0 Å². The molecule has 0 radical (unpaired) electrons. The zero-order chi connectivity index (χ0) is 12.3. The Labute approximate surface area is 109 Å². The molecule has 1 aliphatic heterocycles. The number of rotatable bonds is 4. The second kappa shape index (κ2) is 5.98. The summed E-state index contributed by atoms with van der Waals surface area (Å²) in [6.45, 7) is 11.5. The zero-order valence-corrected chi connectivity index (χ0v) is 12.0. The maximum absolute atomic E-state index is 3.51. The first-order valence-electron chi connectivity index (χ1n) is 6.73. The molecule has 1 unspecified atom stereocenters. The lowest BCUT2D eigenvalue weighted by Gasteiger charge is -2.38. The van der Waals surface area contributed by atoms with Gasteiger partial charge in [0.15, 0.2) is 0 Å². The molecule has 3 heteroatoms. The molecular formula is C14H24N2S. The monoisotopic (exact) mass is 252 g/mol. The summed E-state index contributed by atoms with van der Waals surface area (Å²) >= 11 is 1.98. The van der Waals surface area contributed by atoms with Gasteiger partial charge in [0.05, 0.1) is 0 Å². The Morgan fingerprint density at radius 1 is 1.41 bits per heavy atom. The van der Waals surface area contributed by atoms with Crippen molar-refractivity contribution < 1.29 is 0 Å². The summed E-state index contributed by atoms with van der Waals surface area (Å²) in [5.41, 5.74) is 0. The second-order valence-electron chi connectivity index (χ2n) is 5.21. The van der Waals surface area contributed by atoms with Gasteiger partial charge in [-0.2, -0.15) is 0 Å². The summed E-state index contributed by atoms with van der Waals surface area (Å²) in [5.74, 6) is 0.730. The Kier molecular flexibility index (Phi) is 4.60. The van der Waals surface area contributed by atoms with Gasteiger partial charge in [-0.3, -0.25) is 4.90 Å². The highest BCUT2D eigenvalue weighted by Crippen LogP contribution is 2.22. The molecule has 1 fully saturated rings. The highest BCUT2D eigenvalue weighted by molar-refractivity contribution is 7.11. The van der Waals surface area contributed by atoms with E-state index in [1.54, 1.807) is 0 Å². The van der Waals surface area contributed by atoms with Crippen LogP contribution < -0.4 is 5.32 Å². The normalized spacial score (nSPS) is 22.2. The number of nitrogens with one attached hydrogen (secondary N) is 1. The van der Waals surface area contributed by atoms with E-state index >= 15 is 0 Å². The van der Waals surface area contributed by atoms with Crippen molar-refractivity contribution in [3.05, 3.63) is 21.9 Å². The quantitative estimate of drug-likeness (QED) is 0.886. The number of aryl methyl sites for hydroxylation is 1. The van der Waals surface area contributed by atoms with Crippen LogP contribution in [-0.4, -0.2) is 30.6 Å². The molecule has 1 aliphatic rings. The van der Waals surface area contributed by atoms with Gasteiger partial charge in [0.1, 0.15) is 0 Å². The predicted molar refractivity (Wildman–Crippen MR) is 75.6 cm³/mol. The predicted octanol–water partition coefficient (Wildman–Crippen LogP) is 2.74. The molecule has 96 valence electrons. The minimum absolute atomic E-state index is 0.691. The third kappa shape index (κ3) is 3.30. The van der Waals surface area contributed by atoms with Crippen molar-refractivity contribution in [2.24, 2.45) is 5.92 Å². The molecule has 0 amide bonds. The average molecular weight is 252 g/mol. The van der Waals surface area contributed by atoms with Crippen LogP contribution in [0, 0.1) is 5.92 Å². The number of thiophene rings is 1. The van der Waals surface area contributed by atoms with Gasteiger partial charge < -0.3 is 5.32 Å². The largest absolute Gasteiger partial charge is 0.314 e. The van der Waals surface area contributed by atoms with E-state index < -0.39 is 0 Å². The van der Waals surface area contributed by atoms with Gasteiger partial charge in [0.2, 0.25) is 0 Å². The van der Waals surface area contributed by atoms with Gasteiger partial charge in [0.25, 0.3) is 0 Å². The zero-order valence-electron chi connectivity index (χ0n) is 11.2. The van der Waals surface area contributed by atoms with E-state index in [0.717, 1.165) is 25.6 Å². The maximum Gasteiger partial charge on any atom is 0.0332 e. The van der Waals surface area contributed by atoms with E-state index in [2.05, 4.69) is 43.1 Å². The van der Waals surface area contributed by atoms with Crippen LogP contribution >= 0.6 is 11.3 Å². The average Bonchev–Trinajstić information content (AvgIpc) is 2.77. The summed E-state index contributed by atoms with van der Waals surface area (Å²) in [6.07, 6.45) is 1.17. The summed E-state index contributed by atoms with van der Waals surface area (Å²) < 4.78 is 0. The second-order valence-corrected chi connectivity index (χ2v) is 6.46. The van der Waals surface area contributed by atoms with Gasteiger partial charge >= 0.3 is 0 Å². The lowest BCUT2D eigenvalue weighted by molar-refractivity contribution is 0.118. The molecule has 1 atom stereocenters. The minimum atomic E-state index is 0.691. The first-order valence-corrected chi connectivity index (χ1v) is 7.54. The summed E-state index contributed by atoms with van der Waals surface area (Å²) in [6, 6.07) is 5.28. The van der Waals surface area contributed by atoms with Crippen LogP contribution in [0.25, 0.3) is 0 Å². The van der Waals surface area contributed by atoms with E-state index in [-0.39, 0.29) is 0 Å². The Balaban J connectivity index is 2.00. The topological polar surface area (TPSA) is 15.3 Å². The smallest absolute Gasteiger partial charge is 0.0332 e. The standard InChI is InChI=1S/C14H24N2S/c1-4-12-5-6-13(17-12)10-16-8-7-15-9-14(16)11(2)3/h5-6,11,14-15H,4,7-10H2,1-3H3. The molecule has 1 aromatic rings. The number of hydrogen-bond acceptors (Lipinski definition) is 3. The van der Waals surface area contributed by atoms with Crippen molar-refractivity contribution in [3.8, 4) is 0 Å². The van der Waals surface area contributed by atoms with Gasteiger partial charge in [-0.05, 0) is 24.5 Å². The first kappa shape index (κ1) is 13.1. The van der Waals surface area contributed by atoms with Crippen molar-refractivity contribution in [1.29, 1.82) is 0 Å². The van der Waals surface area contributed by atoms with Crippen molar-refractivity contribution in [2.75, 3.05) is 19.6 Å². The molecule has 1 saturated heterocycles. The molecule has 0 aromatic carbocycles. The van der Waals surface area contributed by atoms with Crippen LogP contribution in [0.2, 0.25) is 0 Å². The lowest BCUT2D eigenvalue weighted by atomic mass is 10.0. The molecule has 0 spiro atoms. The van der Waals surface area contributed by atoms with Gasteiger partial charge in [-0.1, -0.05) is 20.8 Å². The molecule has 1 N–H and O–H groups in total. The van der Waals surface area contributed by atoms with E-state index in [0.29, 0.717) is 6.04 Å². The highest BCUT2D eigenvalue weighted by Gasteiger charge is 2.24. The first-order chi connectivity index (χ1) is 8.20. The molecule has 1 aromatic heterocycles. The third-order valence-corrected chi connectivity index (χ3v) is 4.81. The highest BCUT2D eigenvalue weighted by atomic mass is 32.1. The van der Waals surface area contributed by atoms with Crippen LogP contribution in [0.5, 0.6) is 0 Å². The Hall–Kier alpha value is -0.380. The third-order valence-electron chi connectivity index (χ3n) is 3.59. The Morgan fingerprint density at radius 2 is 2.18 bits per heavy atom. The molecule has 0 aliphatic carbocycles. The van der Waals surface area contributed by atoms with Gasteiger partial charge in [-0.15, -0.1) is 11.3 Å². The van der Waals surface area contributed by atoms with Crippen LogP contribution in [0.3, 0.4) is 0 Å². The van der Waals surface area contributed by atoms with Gasteiger partial charge in [0, 0.05) is 42.0 Å². The van der Waals surface area contributed by atoms with E-state index in [1.165, 1.54) is 22.7 Å². The summed E-state index contributed by atoms with van der Waals surface area (Å²) in [7, 11) is 0. The molecule has 2 heterocycles. The number of nitrogens with zero attached hydrogens (tertiary/aromatic N) is 1. The van der Waals surface area contributed by atoms with Crippen LogP contribution in [0.4, 0.5) is 0 Å². The molecule has 0 saturated carbocycles. The Morgan fingerprint density at radius 3 is 2.82 bits per heavy atom. The minimum Gasteiger partial charge on any atom is -0.314 e. The fourth-order valence-corrected chi connectivity index (χ4v) is 3.50. The van der Waals surface area contributed by atoms with E-state index in [1.807, 2.05) is 11.3 Å². The van der Waals surface area contributed by atoms with Crippen molar-refractivity contribution >= 4 is 11.3 Å². The molecule has 0 bridgehead atoms. The summed E-state index contributed by atoms with van der Waals surface area (Å²) in [4.78, 5) is 5.68. The van der Waals surface area contributed by atoms with Gasteiger partial charge in [-0.25, -0.2) is 0 Å².